The van der Waals surface area contributed by atoms with E-state index in [1.165, 1.54) is 12.8 Å². The molecule has 1 aliphatic rings. The van der Waals surface area contributed by atoms with Crippen molar-refractivity contribution >= 4 is 0 Å². The van der Waals surface area contributed by atoms with E-state index in [0.29, 0.717) is 17.8 Å². The van der Waals surface area contributed by atoms with Crippen LogP contribution in [0.5, 0.6) is 0 Å². The van der Waals surface area contributed by atoms with Crippen molar-refractivity contribution in [1.82, 2.24) is 15.0 Å². The van der Waals surface area contributed by atoms with Crippen LogP contribution in [0.4, 0.5) is 0 Å². The SMILES string of the molecule is CC(O)c1nc(C2CCCCN2C(C)C)no1. The molecule has 0 radical (unpaired) electrons. The Morgan fingerprint density at radius 3 is 2.71 bits per heavy atom. The zero-order valence-corrected chi connectivity index (χ0v) is 10.8. The Hall–Kier alpha value is -0.940. The lowest BCUT2D eigenvalue weighted by atomic mass is 10.00. The zero-order chi connectivity index (χ0) is 12.4. The van der Waals surface area contributed by atoms with E-state index in [2.05, 4.69) is 28.9 Å². The van der Waals surface area contributed by atoms with Crippen LogP contribution in [-0.2, 0) is 0 Å². The smallest absolute Gasteiger partial charge is 0.255 e. The highest BCUT2D eigenvalue weighted by atomic mass is 16.5. The molecule has 1 saturated heterocycles. The summed E-state index contributed by atoms with van der Waals surface area (Å²) < 4.78 is 5.07. The maximum atomic E-state index is 9.40. The molecule has 0 aliphatic carbocycles. The maximum absolute atomic E-state index is 9.40. The number of nitrogens with zero attached hydrogens (tertiary/aromatic N) is 3. The molecular formula is C12H21N3O2. The normalized spacial score (nSPS) is 24.2. The number of hydrogen-bond donors (Lipinski definition) is 1. The number of rotatable bonds is 3. The lowest BCUT2D eigenvalue weighted by Gasteiger charge is -2.36. The van der Waals surface area contributed by atoms with Gasteiger partial charge in [-0.05, 0) is 40.2 Å². The molecule has 2 heterocycles. The third kappa shape index (κ3) is 2.66. The van der Waals surface area contributed by atoms with Gasteiger partial charge in [0, 0.05) is 6.04 Å². The van der Waals surface area contributed by atoms with Crippen LogP contribution in [-0.4, -0.2) is 32.7 Å². The molecule has 0 bridgehead atoms. The highest BCUT2D eigenvalue weighted by Gasteiger charge is 2.29. The minimum atomic E-state index is -0.688. The van der Waals surface area contributed by atoms with Gasteiger partial charge in [-0.3, -0.25) is 4.90 Å². The number of likely N-dealkylation sites (tertiary alicyclic amines) is 1. The molecule has 17 heavy (non-hydrogen) atoms. The van der Waals surface area contributed by atoms with Gasteiger partial charge >= 0.3 is 0 Å². The molecule has 5 nitrogen and oxygen atoms in total. The number of aromatic nitrogens is 2. The van der Waals surface area contributed by atoms with Gasteiger partial charge in [-0.2, -0.15) is 4.98 Å². The minimum Gasteiger partial charge on any atom is -0.384 e. The maximum Gasteiger partial charge on any atom is 0.255 e. The second kappa shape index (κ2) is 5.14. The second-order valence-corrected chi connectivity index (χ2v) is 5.01. The topological polar surface area (TPSA) is 62.4 Å². The first-order valence-corrected chi connectivity index (χ1v) is 6.37. The molecule has 1 aromatic rings. The molecular weight excluding hydrogens is 218 g/mol. The number of piperidine rings is 1. The summed E-state index contributed by atoms with van der Waals surface area (Å²) in [6.07, 6.45) is 2.81. The van der Waals surface area contributed by atoms with Crippen molar-refractivity contribution in [2.75, 3.05) is 6.54 Å². The van der Waals surface area contributed by atoms with Crippen LogP contribution in [0.2, 0.25) is 0 Å². The third-order valence-corrected chi connectivity index (χ3v) is 3.32. The van der Waals surface area contributed by atoms with Gasteiger partial charge in [-0.1, -0.05) is 11.6 Å². The average molecular weight is 239 g/mol. The van der Waals surface area contributed by atoms with Crippen molar-refractivity contribution in [3.05, 3.63) is 11.7 Å². The molecule has 0 aromatic carbocycles. The summed E-state index contributed by atoms with van der Waals surface area (Å²) in [4.78, 5) is 6.70. The van der Waals surface area contributed by atoms with E-state index in [1.807, 2.05) is 0 Å². The molecule has 0 amide bonds. The van der Waals surface area contributed by atoms with Crippen molar-refractivity contribution in [1.29, 1.82) is 0 Å². The summed E-state index contributed by atoms with van der Waals surface area (Å²) in [6.45, 7) is 7.10. The van der Waals surface area contributed by atoms with Crippen LogP contribution in [0.25, 0.3) is 0 Å². The Balaban J connectivity index is 2.17. The molecule has 2 atom stereocenters. The van der Waals surface area contributed by atoms with Gasteiger partial charge in [-0.15, -0.1) is 0 Å². The van der Waals surface area contributed by atoms with Gasteiger partial charge in [0.1, 0.15) is 6.10 Å². The fraction of sp³-hybridized carbons (Fsp3) is 0.833. The van der Waals surface area contributed by atoms with Crippen LogP contribution < -0.4 is 0 Å². The first kappa shape index (κ1) is 12.5. The summed E-state index contributed by atoms with van der Waals surface area (Å²) in [5.74, 6) is 1.03. The quantitative estimate of drug-likeness (QED) is 0.874. The van der Waals surface area contributed by atoms with Gasteiger partial charge < -0.3 is 9.63 Å². The Bertz CT molecular complexity index is 362. The number of hydrogen-bond acceptors (Lipinski definition) is 5. The predicted octanol–water partition coefficient (Wildman–Crippen LogP) is 2.06. The van der Waals surface area contributed by atoms with Crippen molar-refractivity contribution in [3.8, 4) is 0 Å². The highest BCUT2D eigenvalue weighted by molar-refractivity contribution is 4.98. The number of aliphatic hydroxyl groups excluding tert-OH is 1. The molecule has 5 heteroatoms. The molecule has 1 aliphatic heterocycles. The standard InChI is InChI=1S/C12H21N3O2/c1-8(2)15-7-5-4-6-10(15)11-13-12(9(3)16)17-14-11/h8-10,16H,4-7H2,1-3H3. The second-order valence-electron chi connectivity index (χ2n) is 5.01. The van der Waals surface area contributed by atoms with Crippen molar-refractivity contribution in [2.45, 2.75) is 58.2 Å². The Morgan fingerprint density at radius 1 is 1.35 bits per heavy atom. The first-order chi connectivity index (χ1) is 8.09. The summed E-state index contributed by atoms with van der Waals surface area (Å²) in [5.41, 5.74) is 0. The van der Waals surface area contributed by atoms with E-state index in [1.54, 1.807) is 6.92 Å². The average Bonchev–Trinajstić information content (AvgIpc) is 2.78. The lowest BCUT2D eigenvalue weighted by molar-refractivity contribution is 0.104. The largest absolute Gasteiger partial charge is 0.384 e. The molecule has 1 fully saturated rings. The van der Waals surface area contributed by atoms with E-state index in [-0.39, 0.29) is 6.04 Å². The van der Waals surface area contributed by atoms with Gasteiger partial charge in [0.2, 0.25) is 0 Å². The lowest BCUT2D eigenvalue weighted by Crippen LogP contribution is -2.39. The Labute approximate surface area is 102 Å². The Kier molecular flexibility index (Phi) is 3.79. The van der Waals surface area contributed by atoms with Crippen molar-refractivity contribution < 1.29 is 9.63 Å². The molecule has 2 rings (SSSR count). The third-order valence-electron chi connectivity index (χ3n) is 3.32. The highest BCUT2D eigenvalue weighted by Crippen LogP contribution is 2.31. The summed E-state index contributed by atoms with van der Waals surface area (Å²) in [5, 5.41) is 13.4. The molecule has 2 unspecified atom stereocenters. The first-order valence-electron chi connectivity index (χ1n) is 6.37. The fourth-order valence-electron chi connectivity index (χ4n) is 2.40. The molecule has 1 N–H and O–H groups in total. The minimum absolute atomic E-state index is 0.236. The number of aliphatic hydroxyl groups is 1. The molecule has 0 saturated carbocycles. The van der Waals surface area contributed by atoms with Crippen molar-refractivity contribution in [2.24, 2.45) is 0 Å². The molecule has 0 spiro atoms. The van der Waals surface area contributed by atoms with E-state index < -0.39 is 6.10 Å². The van der Waals surface area contributed by atoms with Crippen LogP contribution in [0.15, 0.2) is 4.52 Å². The summed E-state index contributed by atoms with van der Waals surface area (Å²) in [6, 6.07) is 0.716. The van der Waals surface area contributed by atoms with Crippen molar-refractivity contribution in [3.63, 3.8) is 0 Å². The zero-order valence-electron chi connectivity index (χ0n) is 10.8. The van der Waals surface area contributed by atoms with E-state index >= 15 is 0 Å². The van der Waals surface area contributed by atoms with Crippen LogP contribution in [0.1, 0.15) is 63.9 Å². The fourth-order valence-corrected chi connectivity index (χ4v) is 2.40. The van der Waals surface area contributed by atoms with Crippen LogP contribution in [0.3, 0.4) is 0 Å². The summed E-state index contributed by atoms with van der Waals surface area (Å²) >= 11 is 0. The Morgan fingerprint density at radius 2 is 2.12 bits per heavy atom. The van der Waals surface area contributed by atoms with Crippen LogP contribution in [0, 0.1) is 0 Å². The van der Waals surface area contributed by atoms with Gasteiger partial charge in [0.15, 0.2) is 5.82 Å². The molecule has 1 aromatic heterocycles. The summed E-state index contributed by atoms with van der Waals surface area (Å²) in [7, 11) is 0. The monoisotopic (exact) mass is 239 g/mol. The van der Waals surface area contributed by atoms with Crippen LogP contribution >= 0.6 is 0 Å². The van der Waals surface area contributed by atoms with E-state index in [9.17, 15) is 5.11 Å². The predicted molar refractivity (Wildman–Crippen MR) is 63.4 cm³/mol. The van der Waals surface area contributed by atoms with Gasteiger partial charge in [0.25, 0.3) is 5.89 Å². The molecule has 96 valence electrons. The van der Waals surface area contributed by atoms with Gasteiger partial charge in [-0.25, -0.2) is 0 Å². The van der Waals surface area contributed by atoms with Gasteiger partial charge in [0.05, 0.1) is 6.04 Å². The van der Waals surface area contributed by atoms with E-state index in [0.717, 1.165) is 13.0 Å². The van der Waals surface area contributed by atoms with E-state index in [4.69, 9.17) is 4.52 Å².